The van der Waals surface area contributed by atoms with E-state index in [0.717, 1.165) is 11.4 Å². The summed E-state index contributed by atoms with van der Waals surface area (Å²) in [4.78, 5) is 27.7. The predicted molar refractivity (Wildman–Crippen MR) is 114 cm³/mol. The zero-order valence-corrected chi connectivity index (χ0v) is 16.9. The fourth-order valence-electron chi connectivity index (χ4n) is 4.24. The summed E-state index contributed by atoms with van der Waals surface area (Å²) < 4.78 is 5.30. The number of nitrogens with one attached hydrogen (secondary N) is 2. The zero-order valence-electron chi connectivity index (χ0n) is 16.2. The number of carbonyl (C=O) groups excluding carboxylic acids is 2. The molecule has 152 valence electrons. The standard InChI is InChI=1S/C22H19ClN4O3/c1-12-19(20(26-30-12)14-6-2-3-7-15(14)23)22(29)24-13-10-18-21(28)25-16-8-4-5-9-17(16)27(18)11-13/h2-9,13,18H,10-11H2,1H3,(H,24,29)(H,25,28)/t13-,18-/m0/s1. The van der Waals surface area contributed by atoms with Crippen LogP contribution >= 0.6 is 11.6 Å². The van der Waals surface area contributed by atoms with Crippen molar-refractivity contribution >= 4 is 34.8 Å². The number of aromatic nitrogens is 1. The molecule has 1 saturated heterocycles. The van der Waals surface area contributed by atoms with E-state index >= 15 is 0 Å². The summed E-state index contributed by atoms with van der Waals surface area (Å²) in [6, 6.07) is 14.4. The van der Waals surface area contributed by atoms with E-state index in [2.05, 4.69) is 20.7 Å². The highest BCUT2D eigenvalue weighted by molar-refractivity contribution is 6.33. The number of anilines is 2. The third-order valence-corrected chi connectivity index (χ3v) is 5.96. The number of para-hydroxylation sites is 2. The van der Waals surface area contributed by atoms with Crippen LogP contribution in [0.25, 0.3) is 11.3 Å². The number of hydrogen-bond donors (Lipinski definition) is 2. The van der Waals surface area contributed by atoms with Gasteiger partial charge in [-0.25, -0.2) is 0 Å². The number of rotatable bonds is 3. The minimum atomic E-state index is -0.309. The van der Waals surface area contributed by atoms with Gasteiger partial charge >= 0.3 is 0 Å². The molecule has 2 atom stereocenters. The van der Waals surface area contributed by atoms with Crippen molar-refractivity contribution in [3.63, 3.8) is 0 Å². The number of hydrogen-bond acceptors (Lipinski definition) is 5. The first-order valence-electron chi connectivity index (χ1n) is 9.71. The Morgan fingerprint density at radius 3 is 2.83 bits per heavy atom. The molecule has 30 heavy (non-hydrogen) atoms. The van der Waals surface area contributed by atoms with E-state index in [0.29, 0.717) is 40.6 Å². The van der Waals surface area contributed by atoms with Crippen molar-refractivity contribution in [3.05, 3.63) is 64.9 Å². The number of halogens is 1. The zero-order chi connectivity index (χ0) is 20.8. The SMILES string of the molecule is Cc1onc(-c2ccccc2Cl)c1C(=O)N[C@H]1C[C@H]2C(=O)Nc3ccccc3N2C1. The predicted octanol–water partition coefficient (Wildman–Crippen LogP) is 3.63. The largest absolute Gasteiger partial charge is 0.360 e. The minimum Gasteiger partial charge on any atom is -0.360 e. The number of aryl methyl sites for hydroxylation is 1. The number of carbonyl (C=O) groups is 2. The molecule has 3 heterocycles. The van der Waals surface area contributed by atoms with Crippen molar-refractivity contribution in [2.45, 2.75) is 25.4 Å². The maximum absolute atomic E-state index is 13.1. The molecule has 7 nitrogen and oxygen atoms in total. The molecule has 0 bridgehead atoms. The quantitative estimate of drug-likeness (QED) is 0.673. The Morgan fingerprint density at radius 2 is 2.00 bits per heavy atom. The van der Waals surface area contributed by atoms with Crippen molar-refractivity contribution in [1.29, 1.82) is 0 Å². The van der Waals surface area contributed by atoms with E-state index in [1.54, 1.807) is 19.1 Å². The van der Waals surface area contributed by atoms with Crippen molar-refractivity contribution in [3.8, 4) is 11.3 Å². The van der Waals surface area contributed by atoms with Crippen LogP contribution in [0.4, 0.5) is 11.4 Å². The van der Waals surface area contributed by atoms with Gasteiger partial charge in [0.15, 0.2) is 0 Å². The average Bonchev–Trinajstić information content (AvgIpc) is 3.32. The molecule has 2 aliphatic heterocycles. The Bertz CT molecular complexity index is 1160. The van der Waals surface area contributed by atoms with Gasteiger partial charge in [0, 0.05) is 18.2 Å². The van der Waals surface area contributed by atoms with Crippen LogP contribution in [-0.4, -0.2) is 35.6 Å². The molecule has 0 radical (unpaired) electrons. The van der Waals surface area contributed by atoms with Gasteiger partial charge in [-0.3, -0.25) is 9.59 Å². The maximum Gasteiger partial charge on any atom is 0.257 e. The summed E-state index contributed by atoms with van der Waals surface area (Å²) in [5.41, 5.74) is 3.17. The van der Waals surface area contributed by atoms with Crippen LogP contribution in [0.5, 0.6) is 0 Å². The molecule has 1 aromatic heterocycles. The van der Waals surface area contributed by atoms with Gasteiger partial charge in [-0.1, -0.05) is 47.1 Å². The van der Waals surface area contributed by atoms with E-state index in [4.69, 9.17) is 16.1 Å². The van der Waals surface area contributed by atoms with Crippen LogP contribution in [-0.2, 0) is 4.79 Å². The molecule has 2 amide bonds. The van der Waals surface area contributed by atoms with E-state index in [-0.39, 0.29) is 23.9 Å². The normalized spacial score (nSPS) is 19.8. The molecule has 0 spiro atoms. The average molecular weight is 423 g/mol. The number of fused-ring (bicyclic) bond motifs is 3. The van der Waals surface area contributed by atoms with Crippen molar-refractivity contribution in [1.82, 2.24) is 10.5 Å². The topological polar surface area (TPSA) is 87.5 Å². The molecule has 0 unspecified atom stereocenters. The Hall–Kier alpha value is -3.32. The third kappa shape index (κ3) is 3.02. The van der Waals surface area contributed by atoms with Crippen molar-refractivity contribution in [2.75, 3.05) is 16.8 Å². The second-order valence-electron chi connectivity index (χ2n) is 7.52. The first kappa shape index (κ1) is 18.7. The Kier molecular flexibility index (Phi) is 4.47. The lowest BCUT2D eigenvalue weighted by molar-refractivity contribution is -0.117. The molecule has 3 aromatic rings. The van der Waals surface area contributed by atoms with Gasteiger partial charge in [0.1, 0.15) is 23.1 Å². The molecule has 0 saturated carbocycles. The van der Waals surface area contributed by atoms with Crippen molar-refractivity contribution in [2.24, 2.45) is 0 Å². The van der Waals surface area contributed by atoms with Crippen molar-refractivity contribution < 1.29 is 14.1 Å². The molecule has 2 N–H and O–H groups in total. The summed E-state index contributed by atoms with van der Waals surface area (Å²) in [6.45, 7) is 2.25. The summed E-state index contributed by atoms with van der Waals surface area (Å²) in [5.74, 6) is 0.0757. The lowest BCUT2D eigenvalue weighted by Crippen LogP contribution is -2.44. The van der Waals surface area contributed by atoms with Gasteiger partial charge in [-0.05, 0) is 31.5 Å². The van der Waals surface area contributed by atoms with Gasteiger partial charge in [-0.15, -0.1) is 0 Å². The Morgan fingerprint density at radius 1 is 1.23 bits per heavy atom. The lowest BCUT2D eigenvalue weighted by atomic mass is 10.0. The maximum atomic E-state index is 13.1. The Balaban J connectivity index is 1.40. The summed E-state index contributed by atoms with van der Waals surface area (Å²) in [5, 5.41) is 10.6. The van der Waals surface area contributed by atoms with E-state index < -0.39 is 0 Å². The molecular formula is C22H19ClN4O3. The summed E-state index contributed by atoms with van der Waals surface area (Å²) in [7, 11) is 0. The number of nitrogens with zero attached hydrogens (tertiary/aromatic N) is 2. The van der Waals surface area contributed by atoms with Crippen LogP contribution in [0, 0.1) is 6.92 Å². The fraction of sp³-hybridized carbons (Fsp3) is 0.227. The first-order valence-corrected chi connectivity index (χ1v) is 10.1. The molecule has 8 heteroatoms. The second kappa shape index (κ2) is 7.18. The van der Waals surface area contributed by atoms with Crippen LogP contribution in [0.3, 0.4) is 0 Å². The highest BCUT2D eigenvalue weighted by atomic mass is 35.5. The molecule has 0 aliphatic carbocycles. The molecule has 2 aliphatic rings. The third-order valence-electron chi connectivity index (χ3n) is 5.63. The molecule has 2 aromatic carbocycles. The molecule has 5 rings (SSSR count). The van der Waals surface area contributed by atoms with E-state index in [1.165, 1.54) is 0 Å². The lowest BCUT2D eigenvalue weighted by Gasteiger charge is -2.32. The molecule has 1 fully saturated rings. The monoisotopic (exact) mass is 422 g/mol. The number of amides is 2. The molecular weight excluding hydrogens is 404 g/mol. The second-order valence-corrected chi connectivity index (χ2v) is 7.93. The van der Waals surface area contributed by atoms with E-state index in [9.17, 15) is 9.59 Å². The van der Waals surface area contributed by atoms with Gasteiger partial charge in [-0.2, -0.15) is 0 Å². The Labute approximate surface area is 178 Å². The fourth-order valence-corrected chi connectivity index (χ4v) is 4.46. The first-order chi connectivity index (χ1) is 14.5. The smallest absolute Gasteiger partial charge is 0.257 e. The summed E-state index contributed by atoms with van der Waals surface area (Å²) >= 11 is 6.30. The van der Waals surface area contributed by atoms with Gasteiger partial charge in [0.05, 0.1) is 16.4 Å². The minimum absolute atomic E-state index is 0.0524. The van der Waals surface area contributed by atoms with Crippen LogP contribution in [0.1, 0.15) is 22.5 Å². The van der Waals surface area contributed by atoms with Gasteiger partial charge < -0.3 is 20.1 Å². The number of benzene rings is 2. The highest BCUT2D eigenvalue weighted by Gasteiger charge is 2.41. The van der Waals surface area contributed by atoms with E-state index in [1.807, 2.05) is 36.4 Å². The van der Waals surface area contributed by atoms with Crippen LogP contribution < -0.4 is 15.5 Å². The highest BCUT2D eigenvalue weighted by Crippen LogP contribution is 2.37. The summed E-state index contributed by atoms with van der Waals surface area (Å²) in [6.07, 6.45) is 0.525. The van der Waals surface area contributed by atoms with Crippen LogP contribution in [0.15, 0.2) is 53.1 Å². The van der Waals surface area contributed by atoms with Gasteiger partial charge in [0.2, 0.25) is 5.91 Å². The van der Waals surface area contributed by atoms with Crippen LogP contribution in [0.2, 0.25) is 5.02 Å². The van der Waals surface area contributed by atoms with Gasteiger partial charge in [0.25, 0.3) is 5.91 Å².